The van der Waals surface area contributed by atoms with E-state index in [4.69, 9.17) is 32.8 Å². The van der Waals surface area contributed by atoms with E-state index < -0.39 is 46.7 Å². The molecule has 14 N–H and O–H groups in total. The topological polar surface area (TPSA) is 269 Å². The Hall–Kier alpha value is -2.00. The highest BCUT2D eigenvalue weighted by molar-refractivity contribution is 5.06. The lowest BCUT2D eigenvalue weighted by molar-refractivity contribution is -1.13. The van der Waals surface area contributed by atoms with E-state index in [1.165, 1.54) is 0 Å². The van der Waals surface area contributed by atoms with Crippen molar-refractivity contribution in [1.29, 1.82) is 0 Å². The van der Waals surface area contributed by atoms with Gasteiger partial charge >= 0.3 is 0 Å². The summed E-state index contributed by atoms with van der Waals surface area (Å²) >= 11 is 0. The highest BCUT2D eigenvalue weighted by Crippen LogP contribution is 2.13. The van der Waals surface area contributed by atoms with E-state index in [1.807, 2.05) is 0 Å². The Labute approximate surface area is 132 Å². The van der Waals surface area contributed by atoms with E-state index in [0.717, 1.165) is 9.93 Å². The number of nitrogens with two attached hydrogens (primary N) is 4. The smallest absolute Gasteiger partial charge is 0.193 e. The van der Waals surface area contributed by atoms with Gasteiger partial charge in [0.1, 0.15) is 0 Å². The highest BCUT2D eigenvalue weighted by Gasteiger charge is 2.54. The number of hydrogen-bond acceptors (Lipinski definition) is 12. The molecule has 1 aliphatic rings. The first-order chi connectivity index (χ1) is 11.4. The lowest BCUT2D eigenvalue weighted by Gasteiger charge is -2.48. The van der Waals surface area contributed by atoms with Gasteiger partial charge in [0.15, 0.2) is 12.1 Å². The first-order valence-electron chi connectivity index (χ1n) is 6.80. The van der Waals surface area contributed by atoms with Crippen LogP contribution in [0.3, 0.4) is 0 Å². The van der Waals surface area contributed by atoms with E-state index in [2.05, 4.69) is 31.0 Å². The van der Waals surface area contributed by atoms with Crippen LogP contribution in [0.5, 0.6) is 0 Å². The fourth-order valence-corrected chi connectivity index (χ4v) is 2.50. The lowest BCUT2D eigenvalue weighted by atomic mass is 9.77. The Balaban J connectivity index is 1.72. The summed E-state index contributed by atoms with van der Waals surface area (Å²) in [7, 11) is 0. The number of hydroxylamine groups is 4. The third kappa shape index (κ3) is 3.41. The molecular weight excluding hydrogens is 336 g/mol. The van der Waals surface area contributed by atoms with Crippen molar-refractivity contribution in [3.05, 3.63) is 10.4 Å². The van der Waals surface area contributed by atoms with Crippen molar-refractivity contribution < 1.29 is 29.6 Å². The molecule has 24 heavy (non-hydrogen) atoms. The maximum Gasteiger partial charge on any atom is 0.193 e. The maximum absolute atomic E-state index is 12.3. The normalized spacial score (nSPS) is 36.8. The molecule has 0 bridgehead atoms. The van der Waals surface area contributed by atoms with Crippen molar-refractivity contribution in [2.24, 2.45) is 22.9 Å². The van der Waals surface area contributed by atoms with E-state index >= 15 is 0 Å². The van der Waals surface area contributed by atoms with Gasteiger partial charge in [-0.3, -0.25) is 0 Å². The van der Waals surface area contributed by atoms with Gasteiger partial charge in [-0.15, -0.1) is 0 Å². The van der Waals surface area contributed by atoms with Crippen LogP contribution in [0.2, 0.25) is 0 Å². The number of nitrogens with one attached hydrogen (secondary N) is 6. The van der Waals surface area contributed by atoms with Crippen LogP contribution in [0.1, 0.15) is 0 Å². The van der Waals surface area contributed by atoms with Gasteiger partial charge in [-0.25, -0.2) is 9.26 Å². The second kappa shape index (κ2) is 6.48. The SMILES string of the molecule is NC1C(N)C(N)C([NH+]([O-])ONn2[nH]o2)C([NH+]([O-])ONn2[nH]o2)C1N. The summed E-state index contributed by atoms with van der Waals surface area (Å²) < 4.78 is 8.89. The molecule has 18 heteroatoms. The number of nitrogens with zero attached hydrogens (tertiary/aromatic N) is 2. The fourth-order valence-electron chi connectivity index (χ4n) is 2.50. The molecular formula is C6H20N12O6. The van der Waals surface area contributed by atoms with E-state index in [9.17, 15) is 10.4 Å². The molecule has 3 rings (SSSR count). The molecule has 1 aliphatic carbocycles. The van der Waals surface area contributed by atoms with Gasteiger partial charge in [-0.05, 0) is 0 Å². The number of H-pyrrole nitrogens is 2. The van der Waals surface area contributed by atoms with Gasteiger partial charge in [-0.2, -0.15) is 10.5 Å². The van der Waals surface area contributed by atoms with Crippen LogP contribution >= 0.6 is 0 Å². The second-order valence-electron chi connectivity index (χ2n) is 5.34. The third-order valence-corrected chi connectivity index (χ3v) is 3.92. The number of rotatable bonds is 8. The minimum absolute atomic E-state index is 0.831. The van der Waals surface area contributed by atoms with Crippen molar-refractivity contribution in [3.8, 4) is 0 Å². The Morgan fingerprint density at radius 1 is 0.792 bits per heavy atom. The number of hydrogen-bond donors (Lipinski definition) is 10. The average Bonchev–Trinajstić information content (AvgIpc) is 3.45. The lowest BCUT2D eigenvalue weighted by Crippen LogP contribution is -3.26. The van der Waals surface area contributed by atoms with Crippen LogP contribution in [0.4, 0.5) is 0 Å². The van der Waals surface area contributed by atoms with Gasteiger partial charge in [0.05, 0.1) is 12.1 Å². The predicted molar refractivity (Wildman–Crippen MR) is 71.1 cm³/mol. The van der Waals surface area contributed by atoms with Crippen molar-refractivity contribution in [3.63, 3.8) is 0 Å². The van der Waals surface area contributed by atoms with Crippen LogP contribution in [0.15, 0.2) is 9.26 Å². The van der Waals surface area contributed by atoms with Crippen LogP contribution in [0.25, 0.3) is 0 Å². The molecule has 0 saturated heterocycles. The number of aromatic amines is 2. The average molecular weight is 356 g/mol. The van der Waals surface area contributed by atoms with Crippen molar-refractivity contribution >= 4 is 0 Å². The second-order valence-corrected chi connectivity index (χ2v) is 5.34. The van der Waals surface area contributed by atoms with Crippen LogP contribution in [0, 0.1) is 10.4 Å². The zero-order valence-electron chi connectivity index (χ0n) is 12.1. The molecule has 8 unspecified atom stereocenters. The number of quaternary nitrogens is 2. The Kier molecular flexibility index (Phi) is 4.55. The summed E-state index contributed by atoms with van der Waals surface area (Å²) in [5, 5.41) is 27.3. The van der Waals surface area contributed by atoms with Crippen LogP contribution < -0.4 is 44.6 Å². The molecule has 2 heterocycles. The van der Waals surface area contributed by atoms with Crippen molar-refractivity contribution in [1.82, 2.24) is 20.5 Å². The van der Waals surface area contributed by atoms with Crippen LogP contribution in [-0.2, 0) is 9.88 Å². The standard InChI is InChI=1S/C6H20N12O6/c7-1-2(8)4(10)6(16(20)22-12-18-14-24-18)5(3(1)9)15(19)21-11-17-13-23-17/h1-6,11-16H,7-10H2. The van der Waals surface area contributed by atoms with Crippen LogP contribution in [-0.4, -0.2) is 56.7 Å². The largest absolute Gasteiger partial charge is 0.597 e. The summed E-state index contributed by atoms with van der Waals surface area (Å²) in [4.78, 5) is 11.3. The van der Waals surface area contributed by atoms with Gasteiger partial charge in [0.25, 0.3) is 0 Å². The molecule has 1 saturated carbocycles. The molecule has 0 amide bonds. The number of aromatic nitrogens is 4. The van der Waals surface area contributed by atoms with Gasteiger partial charge in [-0.1, -0.05) is 31.6 Å². The minimum Gasteiger partial charge on any atom is -0.597 e. The third-order valence-electron chi connectivity index (χ3n) is 3.92. The summed E-state index contributed by atoms with van der Waals surface area (Å²) in [6.07, 6.45) is 0. The molecule has 0 aliphatic heterocycles. The molecule has 0 aromatic carbocycles. The molecule has 2 aromatic rings. The van der Waals surface area contributed by atoms with Gasteiger partial charge < -0.3 is 33.3 Å². The first-order valence-corrected chi connectivity index (χ1v) is 6.80. The summed E-state index contributed by atoms with van der Waals surface area (Å²) in [6.45, 7) is 0. The predicted octanol–water partition coefficient (Wildman–Crippen LogP) is -7.56. The molecule has 140 valence electrons. The van der Waals surface area contributed by atoms with E-state index in [1.54, 1.807) is 0 Å². The van der Waals surface area contributed by atoms with E-state index in [-0.39, 0.29) is 0 Å². The Morgan fingerprint density at radius 3 is 1.42 bits per heavy atom. The molecule has 8 atom stereocenters. The van der Waals surface area contributed by atoms with Crippen molar-refractivity contribution in [2.45, 2.75) is 36.3 Å². The monoisotopic (exact) mass is 356 g/mol. The molecule has 1 fully saturated rings. The summed E-state index contributed by atoms with van der Waals surface area (Å²) in [5.41, 5.74) is 27.9. The van der Waals surface area contributed by atoms with Crippen molar-refractivity contribution in [2.75, 3.05) is 11.2 Å². The molecule has 0 spiro atoms. The van der Waals surface area contributed by atoms with Gasteiger partial charge in [0, 0.05) is 22.0 Å². The zero-order chi connectivity index (χ0) is 17.4. The quantitative estimate of drug-likeness (QED) is 0.197. The fraction of sp³-hybridized carbons (Fsp3) is 1.00. The summed E-state index contributed by atoms with van der Waals surface area (Å²) in [5.74, 6) is 0. The first kappa shape index (κ1) is 16.8. The summed E-state index contributed by atoms with van der Waals surface area (Å²) in [6, 6.07) is -6.07. The van der Waals surface area contributed by atoms with E-state index in [0.29, 0.717) is 0 Å². The maximum atomic E-state index is 12.3. The molecule has 0 radical (unpaired) electrons. The van der Waals surface area contributed by atoms with Gasteiger partial charge in [0.2, 0.25) is 0 Å². The highest BCUT2D eigenvalue weighted by atomic mass is 17.0. The molecule has 2 aromatic heterocycles. The zero-order valence-corrected chi connectivity index (χ0v) is 12.1. The Bertz CT molecular complexity index is 514. The minimum atomic E-state index is -1.21. The Morgan fingerprint density at radius 2 is 1.12 bits per heavy atom. The molecule has 18 nitrogen and oxygen atoms in total.